The van der Waals surface area contributed by atoms with Crippen LogP contribution in [-0.2, 0) is 11.3 Å². The highest BCUT2D eigenvalue weighted by Crippen LogP contribution is 2.28. The van der Waals surface area contributed by atoms with E-state index in [-0.39, 0.29) is 6.04 Å². The first-order chi connectivity index (χ1) is 17.7. The van der Waals surface area contributed by atoms with E-state index in [1.165, 1.54) is 5.56 Å². The Hall–Kier alpha value is -3.47. The zero-order valence-corrected chi connectivity index (χ0v) is 20.3. The minimum Gasteiger partial charge on any atom is -0.470 e. The third-order valence-corrected chi connectivity index (χ3v) is 7.01. The molecule has 10 heteroatoms. The summed E-state index contributed by atoms with van der Waals surface area (Å²) in [6.45, 7) is 4.48. The summed E-state index contributed by atoms with van der Waals surface area (Å²) in [5.41, 5.74) is 10.6. The Morgan fingerprint density at radius 1 is 1.00 bits per heavy atom. The average Bonchev–Trinajstić information content (AvgIpc) is 3.58. The lowest BCUT2D eigenvalue weighted by atomic mass is 9.92. The van der Waals surface area contributed by atoms with Gasteiger partial charge in [-0.25, -0.2) is 4.98 Å². The number of ether oxygens (including phenoxy) is 1. The highest BCUT2D eigenvalue weighted by atomic mass is 16.5. The lowest BCUT2D eigenvalue weighted by Gasteiger charge is -2.27. The van der Waals surface area contributed by atoms with Gasteiger partial charge in [-0.05, 0) is 43.4 Å². The summed E-state index contributed by atoms with van der Waals surface area (Å²) >= 11 is 0. The van der Waals surface area contributed by atoms with Gasteiger partial charge in [-0.2, -0.15) is 9.97 Å². The van der Waals surface area contributed by atoms with Gasteiger partial charge in [-0.1, -0.05) is 12.1 Å². The zero-order valence-electron chi connectivity index (χ0n) is 20.3. The molecule has 4 heterocycles. The molecule has 0 unspecified atom stereocenters. The standard InChI is InChI=1S/C26H32N8O2/c27-19-3-7-21(8-4-19)30-26-31-24(23-25(32-26)34(17-28-23)22-9-12-36-16-22)29-20-5-1-18(2-6-20)15-33-10-13-35-14-11-33/h1-2,5-6,9,12,16-17,19,21H,3-4,7-8,10-11,13-15,27H2,(H2,29,30,31,32). The van der Waals surface area contributed by atoms with E-state index in [0.717, 1.165) is 69.9 Å². The number of aromatic nitrogens is 4. The third-order valence-electron chi connectivity index (χ3n) is 7.01. The fraction of sp³-hybridized carbons (Fsp3) is 0.423. The predicted octanol–water partition coefficient (Wildman–Crippen LogP) is 3.67. The second-order valence-corrected chi connectivity index (χ2v) is 9.63. The van der Waals surface area contributed by atoms with E-state index in [1.807, 2.05) is 10.6 Å². The summed E-state index contributed by atoms with van der Waals surface area (Å²) in [5, 5.41) is 7.02. The molecule has 4 N–H and O–H groups in total. The van der Waals surface area contributed by atoms with E-state index < -0.39 is 0 Å². The Morgan fingerprint density at radius 2 is 1.81 bits per heavy atom. The Balaban J connectivity index is 1.27. The van der Waals surface area contributed by atoms with Gasteiger partial charge in [-0.15, -0.1) is 0 Å². The van der Waals surface area contributed by atoms with Crippen molar-refractivity contribution >= 4 is 28.6 Å². The highest BCUT2D eigenvalue weighted by Gasteiger charge is 2.21. The van der Waals surface area contributed by atoms with Gasteiger partial charge in [0.2, 0.25) is 5.95 Å². The predicted molar refractivity (Wildman–Crippen MR) is 139 cm³/mol. The first kappa shape index (κ1) is 23.0. The number of nitrogens with zero attached hydrogens (tertiary/aromatic N) is 5. The number of nitrogens with two attached hydrogens (primary N) is 1. The molecule has 10 nitrogen and oxygen atoms in total. The molecule has 1 saturated carbocycles. The smallest absolute Gasteiger partial charge is 0.227 e. The van der Waals surface area contributed by atoms with Gasteiger partial charge in [0.1, 0.15) is 12.6 Å². The molecule has 0 amide bonds. The van der Waals surface area contributed by atoms with Gasteiger partial charge in [0.25, 0.3) is 0 Å². The van der Waals surface area contributed by atoms with Crippen LogP contribution in [0, 0.1) is 0 Å². The van der Waals surface area contributed by atoms with Gasteiger partial charge in [-0.3, -0.25) is 9.47 Å². The van der Waals surface area contributed by atoms with Crippen molar-refractivity contribution in [1.29, 1.82) is 0 Å². The van der Waals surface area contributed by atoms with Gasteiger partial charge in [0.05, 0.1) is 25.2 Å². The topological polar surface area (TPSA) is 119 Å². The van der Waals surface area contributed by atoms with Gasteiger partial charge in [0.15, 0.2) is 17.0 Å². The van der Waals surface area contributed by atoms with Crippen LogP contribution in [0.5, 0.6) is 0 Å². The summed E-state index contributed by atoms with van der Waals surface area (Å²) in [7, 11) is 0. The second kappa shape index (κ2) is 10.3. The van der Waals surface area contributed by atoms with Crippen molar-refractivity contribution < 1.29 is 9.15 Å². The van der Waals surface area contributed by atoms with Crippen molar-refractivity contribution in [3.05, 3.63) is 54.7 Å². The number of rotatable bonds is 7. The molecule has 0 radical (unpaired) electrons. The van der Waals surface area contributed by atoms with E-state index in [9.17, 15) is 0 Å². The maximum absolute atomic E-state index is 6.10. The van der Waals surface area contributed by atoms with Crippen LogP contribution in [0.3, 0.4) is 0 Å². The van der Waals surface area contributed by atoms with Crippen molar-refractivity contribution in [2.24, 2.45) is 5.73 Å². The van der Waals surface area contributed by atoms with Crippen LogP contribution >= 0.6 is 0 Å². The summed E-state index contributed by atoms with van der Waals surface area (Å²) in [5.74, 6) is 1.25. The normalized spacial score (nSPS) is 21.0. The Labute approximate surface area is 209 Å². The Morgan fingerprint density at radius 3 is 2.56 bits per heavy atom. The maximum atomic E-state index is 6.10. The molecule has 2 fully saturated rings. The third kappa shape index (κ3) is 5.06. The summed E-state index contributed by atoms with van der Waals surface area (Å²) < 4.78 is 12.7. The molecule has 1 aliphatic carbocycles. The number of furan rings is 1. The van der Waals surface area contributed by atoms with Crippen LogP contribution < -0.4 is 16.4 Å². The van der Waals surface area contributed by atoms with Crippen LogP contribution in [0.2, 0.25) is 0 Å². The van der Waals surface area contributed by atoms with Crippen molar-refractivity contribution in [1.82, 2.24) is 24.4 Å². The monoisotopic (exact) mass is 488 g/mol. The molecule has 0 spiro atoms. The molecule has 36 heavy (non-hydrogen) atoms. The number of morpholine rings is 1. The lowest BCUT2D eigenvalue weighted by Crippen LogP contribution is -2.35. The van der Waals surface area contributed by atoms with Gasteiger partial charge >= 0.3 is 0 Å². The summed E-state index contributed by atoms with van der Waals surface area (Å²) in [6, 6.07) is 11.0. The number of imidazole rings is 1. The molecule has 3 aromatic heterocycles. The van der Waals surface area contributed by atoms with E-state index in [2.05, 4.69) is 44.8 Å². The van der Waals surface area contributed by atoms with E-state index in [1.54, 1.807) is 18.9 Å². The van der Waals surface area contributed by atoms with Crippen molar-refractivity contribution in [3.63, 3.8) is 0 Å². The Bertz CT molecular complexity index is 1270. The highest BCUT2D eigenvalue weighted by molar-refractivity contribution is 5.87. The van der Waals surface area contributed by atoms with Crippen molar-refractivity contribution in [2.75, 3.05) is 36.9 Å². The molecule has 4 aromatic rings. The van der Waals surface area contributed by atoms with Gasteiger partial charge < -0.3 is 25.5 Å². The summed E-state index contributed by atoms with van der Waals surface area (Å²) in [4.78, 5) is 16.7. The van der Waals surface area contributed by atoms with Crippen LogP contribution in [0.15, 0.2) is 53.6 Å². The fourth-order valence-corrected chi connectivity index (χ4v) is 4.93. The first-order valence-corrected chi connectivity index (χ1v) is 12.7. The molecule has 1 aliphatic heterocycles. The van der Waals surface area contributed by atoms with E-state index in [4.69, 9.17) is 24.9 Å². The summed E-state index contributed by atoms with van der Waals surface area (Å²) in [6.07, 6.45) is 9.12. The molecule has 1 saturated heterocycles. The average molecular weight is 489 g/mol. The number of fused-ring (bicyclic) bond motifs is 1. The van der Waals surface area contributed by atoms with E-state index in [0.29, 0.717) is 29.0 Å². The molecule has 0 bridgehead atoms. The zero-order chi connectivity index (χ0) is 24.3. The second-order valence-electron chi connectivity index (χ2n) is 9.63. The van der Waals surface area contributed by atoms with Crippen LogP contribution in [-0.4, -0.2) is 62.8 Å². The molecule has 6 rings (SSSR count). The minimum atomic E-state index is 0.289. The fourth-order valence-electron chi connectivity index (χ4n) is 4.93. The number of benzene rings is 1. The molecule has 1 aromatic carbocycles. The molecule has 0 atom stereocenters. The van der Waals surface area contributed by atoms with Crippen LogP contribution in [0.4, 0.5) is 17.5 Å². The molecular formula is C26H32N8O2. The van der Waals surface area contributed by atoms with Crippen molar-refractivity contribution in [2.45, 2.75) is 44.3 Å². The van der Waals surface area contributed by atoms with Crippen molar-refractivity contribution in [3.8, 4) is 5.69 Å². The SMILES string of the molecule is NC1CCC(Nc2nc(Nc3ccc(CN4CCOCC4)cc3)c3ncn(-c4ccoc4)c3n2)CC1. The van der Waals surface area contributed by atoms with E-state index >= 15 is 0 Å². The van der Waals surface area contributed by atoms with Crippen LogP contribution in [0.25, 0.3) is 16.9 Å². The molecule has 2 aliphatic rings. The van der Waals surface area contributed by atoms with Crippen LogP contribution in [0.1, 0.15) is 31.2 Å². The largest absolute Gasteiger partial charge is 0.470 e. The molecule has 188 valence electrons. The van der Waals surface area contributed by atoms with Gasteiger partial charge in [0, 0.05) is 43.5 Å². The lowest BCUT2D eigenvalue weighted by molar-refractivity contribution is 0.0342. The molecular weight excluding hydrogens is 456 g/mol. The Kier molecular flexibility index (Phi) is 6.54. The minimum absolute atomic E-state index is 0.289. The number of anilines is 3. The quantitative estimate of drug-likeness (QED) is 0.358. The number of hydrogen-bond acceptors (Lipinski definition) is 9. The number of nitrogens with one attached hydrogen (secondary N) is 2. The number of hydrogen-bond donors (Lipinski definition) is 3. The first-order valence-electron chi connectivity index (χ1n) is 12.7. The maximum Gasteiger partial charge on any atom is 0.227 e.